The van der Waals surface area contributed by atoms with E-state index in [9.17, 15) is 27.9 Å². The molecule has 3 aromatic rings. The zero-order valence-electron chi connectivity index (χ0n) is 18.7. The highest BCUT2D eigenvalue weighted by Gasteiger charge is 2.32. The van der Waals surface area contributed by atoms with E-state index in [0.29, 0.717) is 6.42 Å². The first-order valence-corrected chi connectivity index (χ1v) is 10.6. The summed E-state index contributed by atoms with van der Waals surface area (Å²) in [7, 11) is 0. The first kappa shape index (κ1) is 25.1. The van der Waals surface area contributed by atoms with E-state index in [1.807, 2.05) is 6.92 Å². The van der Waals surface area contributed by atoms with Crippen molar-refractivity contribution in [2.75, 3.05) is 6.61 Å². The summed E-state index contributed by atoms with van der Waals surface area (Å²) in [5.74, 6) is -4.38. The molecule has 6 nitrogen and oxygen atoms in total. The molecular weight excluding hydrogens is 458 g/mol. The minimum Gasteiger partial charge on any atom is -0.505 e. The number of nitrogens with zero attached hydrogens (tertiary/aromatic N) is 1. The summed E-state index contributed by atoms with van der Waals surface area (Å²) in [5, 5.41) is 9.81. The topological polar surface area (TPSA) is 77.8 Å². The Balaban J connectivity index is 2.08. The number of halogens is 4. The smallest absolute Gasteiger partial charge is 0.505 e. The van der Waals surface area contributed by atoms with E-state index in [1.54, 1.807) is 0 Å². The maximum atomic E-state index is 15.0. The van der Waals surface area contributed by atoms with Gasteiger partial charge in [-0.05, 0) is 62.2 Å². The van der Waals surface area contributed by atoms with Gasteiger partial charge >= 0.3 is 12.3 Å². The fraction of sp³-hybridized carbons (Fsp3) is 0.333. The molecule has 1 atom stereocenters. The highest BCUT2D eigenvalue weighted by molar-refractivity contribution is 6.05. The van der Waals surface area contributed by atoms with Gasteiger partial charge in [0.2, 0.25) is 0 Å². The van der Waals surface area contributed by atoms with Crippen LogP contribution in [-0.4, -0.2) is 34.5 Å². The van der Waals surface area contributed by atoms with Crippen molar-refractivity contribution in [3.05, 3.63) is 59.0 Å². The molecule has 0 aliphatic heterocycles. The molecule has 0 radical (unpaired) electrons. The molecule has 0 bridgehead atoms. The summed E-state index contributed by atoms with van der Waals surface area (Å²) >= 11 is 0. The number of benzene rings is 2. The average Bonchev–Trinajstić information content (AvgIpc) is 3.07. The molecule has 0 amide bonds. The summed E-state index contributed by atoms with van der Waals surface area (Å²) in [4.78, 5) is 25.9. The van der Waals surface area contributed by atoms with Gasteiger partial charge in [-0.1, -0.05) is 13.3 Å². The molecule has 1 heterocycles. The molecule has 10 heteroatoms. The highest BCUT2D eigenvalue weighted by atomic mass is 19.4. The van der Waals surface area contributed by atoms with E-state index in [0.717, 1.165) is 41.3 Å². The second kappa shape index (κ2) is 9.74. The van der Waals surface area contributed by atoms with Crippen molar-refractivity contribution in [2.24, 2.45) is 0 Å². The van der Waals surface area contributed by atoms with Crippen molar-refractivity contribution >= 4 is 22.8 Å². The SMILES string of the molecule is CCCCOC(=O)C(C)c1c(C)n(C(=O)c2ccc(OC(F)(F)F)cc2)c2ccc(O)c(F)c12. The minimum absolute atomic E-state index is 0.00716. The van der Waals surface area contributed by atoms with Crippen LogP contribution in [0.4, 0.5) is 17.6 Å². The lowest BCUT2D eigenvalue weighted by Crippen LogP contribution is -2.18. The summed E-state index contributed by atoms with van der Waals surface area (Å²) in [6.45, 7) is 5.15. The summed E-state index contributed by atoms with van der Waals surface area (Å²) in [6.07, 6.45) is -3.42. The Bertz CT molecular complexity index is 1220. The van der Waals surface area contributed by atoms with Gasteiger partial charge in [0.1, 0.15) is 5.75 Å². The zero-order valence-corrected chi connectivity index (χ0v) is 18.7. The second-order valence-electron chi connectivity index (χ2n) is 7.75. The van der Waals surface area contributed by atoms with E-state index < -0.39 is 41.5 Å². The third kappa shape index (κ3) is 5.00. The molecule has 0 aliphatic carbocycles. The van der Waals surface area contributed by atoms with Gasteiger partial charge in [-0.2, -0.15) is 0 Å². The number of hydrogen-bond acceptors (Lipinski definition) is 5. The van der Waals surface area contributed by atoms with Gasteiger partial charge in [0.05, 0.1) is 18.0 Å². The van der Waals surface area contributed by atoms with Crippen molar-refractivity contribution in [1.82, 2.24) is 4.57 Å². The number of carbonyl (C=O) groups excluding carboxylic acids is 2. The summed E-state index contributed by atoms with van der Waals surface area (Å²) in [6, 6.07) is 6.68. The Labute approximate surface area is 192 Å². The second-order valence-corrected chi connectivity index (χ2v) is 7.75. The highest BCUT2D eigenvalue weighted by Crippen LogP contribution is 2.37. The molecule has 0 aliphatic rings. The Morgan fingerprint density at radius 1 is 1.12 bits per heavy atom. The lowest BCUT2D eigenvalue weighted by Gasteiger charge is -2.13. The van der Waals surface area contributed by atoms with Crippen LogP contribution in [-0.2, 0) is 9.53 Å². The Morgan fingerprint density at radius 2 is 1.76 bits per heavy atom. The van der Waals surface area contributed by atoms with Gasteiger partial charge in [0, 0.05) is 16.6 Å². The zero-order chi connectivity index (χ0) is 25.2. The van der Waals surface area contributed by atoms with Crippen LogP contribution in [0.3, 0.4) is 0 Å². The van der Waals surface area contributed by atoms with Gasteiger partial charge < -0.3 is 14.6 Å². The Morgan fingerprint density at radius 3 is 2.35 bits per heavy atom. The van der Waals surface area contributed by atoms with E-state index in [1.165, 1.54) is 19.9 Å². The van der Waals surface area contributed by atoms with Gasteiger partial charge in [-0.25, -0.2) is 4.39 Å². The number of hydrogen-bond donors (Lipinski definition) is 1. The standard InChI is InChI=1S/C24H23F4NO5/c1-4-5-12-33-23(32)13(2)19-14(3)29(17-10-11-18(30)21(25)20(17)19)22(31)15-6-8-16(9-7-15)34-24(26,27)28/h6-11,13,30H,4-5,12H2,1-3H3. The largest absolute Gasteiger partial charge is 0.573 e. The number of esters is 1. The van der Waals surface area contributed by atoms with Crippen LogP contribution < -0.4 is 4.74 Å². The molecule has 34 heavy (non-hydrogen) atoms. The number of phenolic OH excluding ortho intramolecular Hbond substituents is 1. The molecule has 0 fully saturated rings. The molecule has 182 valence electrons. The van der Waals surface area contributed by atoms with Crippen molar-refractivity contribution in [3.63, 3.8) is 0 Å². The van der Waals surface area contributed by atoms with Crippen molar-refractivity contribution in [1.29, 1.82) is 0 Å². The molecule has 1 N–H and O–H groups in total. The number of carbonyl (C=O) groups is 2. The van der Waals surface area contributed by atoms with Crippen LogP contribution in [0.5, 0.6) is 11.5 Å². The molecule has 0 saturated carbocycles. The van der Waals surface area contributed by atoms with Gasteiger partial charge in [0.15, 0.2) is 11.6 Å². The predicted molar refractivity (Wildman–Crippen MR) is 115 cm³/mol. The van der Waals surface area contributed by atoms with Crippen LogP contribution in [0.15, 0.2) is 36.4 Å². The van der Waals surface area contributed by atoms with Crippen LogP contribution >= 0.6 is 0 Å². The lowest BCUT2D eigenvalue weighted by atomic mass is 9.97. The van der Waals surface area contributed by atoms with E-state index in [4.69, 9.17) is 4.74 Å². The molecular formula is C24H23F4NO5. The normalized spacial score (nSPS) is 12.6. The number of rotatable bonds is 7. The van der Waals surface area contributed by atoms with E-state index >= 15 is 4.39 Å². The summed E-state index contributed by atoms with van der Waals surface area (Å²) in [5.41, 5.74) is 0.514. The van der Waals surface area contributed by atoms with Crippen LogP contribution in [0.1, 0.15) is 54.2 Å². The maximum Gasteiger partial charge on any atom is 0.573 e. The number of fused-ring (bicyclic) bond motifs is 1. The number of unbranched alkanes of at least 4 members (excludes halogenated alkanes) is 1. The van der Waals surface area contributed by atoms with Gasteiger partial charge in [-0.3, -0.25) is 14.2 Å². The Hall–Kier alpha value is -3.56. The number of aromatic nitrogens is 1. The van der Waals surface area contributed by atoms with Crippen LogP contribution in [0.2, 0.25) is 0 Å². The van der Waals surface area contributed by atoms with E-state index in [-0.39, 0.29) is 34.3 Å². The molecule has 1 unspecified atom stereocenters. The molecule has 2 aromatic carbocycles. The van der Waals surface area contributed by atoms with Gasteiger partial charge in [-0.15, -0.1) is 13.2 Å². The predicted octanol–water partition coefficient (Wildman–Crippen LogP) is 5.83. The van der Waals surface area contributed by atoms with Crippen molar-refractivity contribution < 1.29 is 41.7 Å². The molecule has 0 spiro atoms. The minimum atomic E-state index is -4.88. The summed E-state index contributed by atoms with van der Waals surface area (Å²) < 4.78 is 62.5. The molecule has 3 rings (SSSR count). The first-order chi connectivity index (χ1) is 16.0. The fourth-order valence-electron chi connectivity index (χ4n) is 3.76. The van der Waals surface area contributed by atoms with Gasteiger partial charge in [0.25, 0.3) is 5.91 Å². The van der Waals surface area contributed by atoms with Crippen LogP contribution in [0, 0.1) is 12.7 Å². The maximum absolute atomic E-state index is 15.0. The van der Waals surface area contributed by atoms with Crippen LogP contribution in [0.25, 0.3) is 10.9 Å². The van der Waals surface area contributed by atoms with E-state index in [2.05, 4.69) is 4.74 Å². The Kier molecular flexibility index (Phi) is 7.18. The third-order valence-corrected chi connectivity index (χ3v) is 5.40. The fourth-order valence-corrected chi connectivity index (χ4v) is 3.76. The average molecular weight is 481 g/mol. The molecule has 0 saturated heterocycles. The monoisotopic (exact) mass is 481 g/mol. The first-order valence-electron chi connectivity index (χ1n) is 10.6. The number of ether oxygens (including phenoxy) is 2. The lowest BCUT2D eigenvalue weighted by molar-refractivity contribution is -0.274. The van der Waals surface area contributed by atoms with Crippen molar-refractivity contribution in [2.45, 2.75) is 45.9 Å². The number of aromatic hydroxyl groups is 1. The van der Waals surface area contributed by atoms with Crippen molar-refractivity contribution in [3.8, 4) is 11.5 Å². The quantitative estimate of drug-likeness (QED) is 0.261. The number of phenols is 1. The number of alkyl halides is 3. The third-order valence-electron chi connectivity index (χ3n) is 5.40. The molecule has 1 aromatic heterocycles.